The monoisotopic (exact) mass is 185 g/mol. The largest absolute Gasteiger partial charge is 0.390 e. The van der Waals surface area contributed by atoms with Crippen molar-refractivity contribution in [3.8, 4) is 0 Å². The molecule has 3 unspecified atom stereocenters. The lowest BCUT2D eigenvalue weighted by atomic mass is 9.76. The summed E-state index contributed by atoms with van der Waals surface area (Å²) in [5.41, 5.74) is -0.402. The van der Waals surface area contributed by atoms with Crippen LogP contribution in [0.25, 0.3) is 0 Å². The van der Waals surface area contributed by atoms with Crippen LogP contribution in [-0.2, 0) is 0 Å². The summed E-state index contributed by atoms with van der Waals surface area (Å²) < 4.78 is 0. The van der Waals surface area contributed by atoms with E-state index in [-0.39, 0.29) is 0 Å². The van der Waals surface area contributed by atoms with E-state index >= 15 is 0 Å². The Bertz CT molecular complexity index is 160. The highest BCUT2D eigenvalue weighted by atomic mass is 16.3. The van der Waals surface area contributed by atoms with Crippen molar-refractivity contribution in [2.75, 3.05) is 13.1 Å². The third-order valence-corrected chi connectivity index (χ3v) is 3.50. The molecule has 0 bridgehead atoms. The maximum atomic E-state index is 10.4. The van der Waals surface area contributed by atoms with Crippen LogP contribution in [0.1, 0.15) is 40.0 Å². The first-order valence-electron chi connectivity index (χ1n) is 5.51. The molecule has 1 aliphatic rings. The molecule has 1 rings (SSSR count). The molecule has 3 atom stereocenters. The Morgan fingerprint density at radius 3 is 2.85 bits per heavy atom. The van der Waals surface area contributed by atoms with Crippen molar-refractivity contribution < 1.29 is 5.11 Å². The maximum Gasteiger partial charge on any atom is 0.0699 e. The van der Waals surface area contributed by atoms with Gasteiger partial charge in [-0.1, -0.05) is 27.2 Å². The molecule has 1 fully saturated rings. The number of hydrogen-bond donors (Lipinski definition) is 2. The molecule has 0 amide bonds. The second-order valence-corrected chi connectivity index (χ2v) is 4.68. The van der Waals surface area contributed by atoms with Gasteiger partial charge in [-0.05, 0) is 31.2 Å². The molecule has 0 aromatic rings. The highest BCUT2D eigenvalue weighted by molar-refractivity contribution is 4.90. The van der Waals surface area contributed by atoms with Crippen molar-refractivity contribution >= 4 is 0 Å². The minimum absolute atomic E-state index is 0.398. The second kappa shape index (κ2) is 4.43. The van der Waals surface area contributed by atoms with Crippen LogP contribution >= 0.6 is 0 Å². The summed E-state index contributed by atoms with van der Waals surface area (Å²) in [4.78, 5) is 0. The second-order valence-electron chi connectivity index (χ2n) is 4.68. The Morgan fingerprint density at radius 1 is 1.62 bits per heavy atom. The van der Waals surface area contributed by atoms with Gasteiger partial charge in [0.1, 0.15) is 0 Å². The van der Waals surface area contributed by atoms with Crippen LogP contribution in [-0.4, -0.2) is 23.8 Å². The highest BCUT2D eigenvalue weighted by Gasteiger charge is 2.36. The first-order valence-corrected chi connectivity index (χ1v) is 5.51. The first kappa shape index (κ1) is 11.0. The van der Waals surface area contributed by atoms with Crippen LogP contribution < -0.4 is 5.32 Å². The van der Waals surface area contributed by atoms with Crippen LogP contribution in [0.3, 0.4) is 0 Å². The molecule has 0 aromatic heterocycles. The molecule has 13 heavy (non-hydrogen) atoms. The Kier molecular flexibility index (Phi) is 3.74. The number of nitrogens with one attached hydrogen (secondary N) is 1. The fourth-order valence-corrected chi connectivity index (χ4v) is 2.11. The summed E-state index contributed by atoms with van der Waals surface area (Å²) >= 11 is 0. The van der Waals surface area contributed by atoms with Crippen molar-refractivity contribution in [2.24, 2.45) is 11.8 Å². The van der Waals surface area contributed by atoms with Crippen molar-refractivity contribution in [2.45, 2.75) is 45.6 Å². The molecule has 1 saturated heterocycles. The van der Waals surface area contributed by atoms with Gasteiger partial charge in [0.05, 0.1) is 5.60 Å². The van der Waals surface area contributed by atoms with E-state index in [2.05, 4.69) is 26.1 Å². The van der Waals surface area contributed by atoms with E-state index in [4.69, 9.17) is 0 Å². The van der Waals surface area contributed by atoms with Gasteiger partial charge < -0.3 is 10.4 Å². The smallest absolute Gasteiger partial charge is 0.0699 e. The van der Waals surface area contributed by atoms with Crippen molar-refractivity contribution in [1.29, 1.82) is 0 Å². The van der Waals surface area contributed by atoms with Gasteiger partial charge >= 0.3 is 0 Å². The van der Waals surface area contributed by atoms with E-state index in [9.17, 15) is 5.11 Å². The summed E-state index contributed by atoms with van der Waals surface area (Å²) in [5, 5.41) is 13.7. The predicted molar refractivity (Wildman–Crippen MR) is 55.7 cm³/mol. The Morgan fingerprint density at radius 2 is 2.31 bits per heavy atom. The molecule has 0 aromatic carbocycles. The fourth-order valence-electron chi connectivity index (χ4n) is 2.11. The van der Waals surface area contributed by atoms with Crippen LogP contribution in [0.15, 0.2) is 0 Å². The van der Waals surface area contributed by atoms with Gasteiger partial charge in [-0.15, -0.1) is 0 Å². The minimum Gasteiger partial charge on any atom is -0.390 e. The van der Waals surface area contributed by atoms with E-state index in [1.807, 2.05) is 0 Å². The summed E-state index contributed by atoms with van der Waals surface area (Å²) in [6.45, 7) is 8.51. The Balaban J connectivity index is 2.51. The van der Waals surface area contributed by atoms with Crippen molar-refractivity contribution in [3.05, 3.63) is 0 Å². The lowest BCUT2D eigenvalue weighted by molar-refractivity contribution is -0.0512. The number of aliphatic hydroxyl groups is 1. The standard InChI is InChI=1S/C11H23NO/c1-4-9(2)7-11(13)5-6-12-8-10(11)3/h9-10,12-13H,4-8H2,1-3H3. The number of piperidine rings is 1. The predicted octanol–water partition coefficient (Wildman–Crippen LogP) is 1.78. The molecular formula is C11H23NO. The average molecular weight is 185 g/mol. The zero-order chi connectivity index (χ0) is 9.90. The highest BCUT2D eigenvalue weighted by Crippen LogP contribution is 2.31. The molecular weight excluding hydrogens is 162 g/mol. The number of rotatable bonds is 3. The third-order valence-electron chi connectivity index (χ3n) is 3.50. The van der Waals surface area contributed by atoms with Gasteiger partial charge in [0.2, 0.25) is 0 Å². The van der Waals surface area contributed by atoms with Gasteiger partial charge in [-0.3, -0.25) is 0 Å². The molecule has 2 N–H and O–H groups in total. The first-order chi connectivity index (χ1) is 6.08. The van der Waals surface area contributed by atoms with E-state index in [0.717, 1.165) is 25.9 Å². The topological polar surface area (TPSA) is 32.3 Å². The van der Waals surface area contributed by atoms with E-state index in [1.165, 1.54) is 6.42 Å². The van der Waals surface area contributed by atoms with Crippen LogP contribution in [0.5, 0.6) is 0 Å². The van der Waals surface area contributed by atoms with Crippen molar-refractivity contribution in [3.63, 3.8) is 0 Å². The summed E-state index contributed by atoms with van der Waals surface area (Å²) in [6, 6.07) is 0. The molecule has 0 spiro atoms. The lowest BCUT2D eigenvalue weighted by Gasteiger charge is -2.40. The van der Waals surface area contributed by atoms with Gasteiger partial charge in [0.25, 0.3) is 0 Å². The molecule has 0 saturated carbocycles. The normalized spacial score (nSPS) is 37.4. The molecule has 2 heteroatoms. The minimum atomic E-state index is -0.402. The Labute approximate surface area is 81.7 Å². The molecule has 2 nitrogen and oxygen atoms in total. The zero-order valence-electron chi connectivity index (χ0n) is 9.14. The third kappa shape index (κ3) is 2.68. The van der Waals surface area contributed by atoms with Gasteiger partial charge in [-0.25, -0.2) is 0 Å². The fraction of sp³-hybridized carbons (Fsp3) is 1.00. The van der Waals surface area contributed by atoms with Gasteiger partial charge in [0.15, 0.2) is 0 Å². The van der Waals surface area contributed by atoms with Crippen molar-refractivity contribution in [1.82, 2.24) is 5.32 Å². The molecule has 78 valence electrons. The summed E-state index contributed by atoms with van der Waals surface area (Å²) in [5.74, 6) is 1.04. The number of hydrogen-bond acceptors (Lipinski definition) is 2. The average Bonchev–Trinajstić information content (AvgIpc) is 2.10. The van der Waals surface area contributed by atoms with Crippen LogP contribution in [0.2, 0.25) is 0 Å². The summed E-state index contributed by atoms with van der Waals surface area (Å²) in [6.07, 6.45) is 3.05. The van der Waals surface area contributed by atoms with E-state index in [0.29, 0.717) is 11.8 Å². The van der Waals surface area contributed by atoms with Crippen LogP contribution in [0.4, 0.5) is 0 Å². The van der Waals surface area contributed by atoms with Crippen LogP contribution in [0, 0.1) is 11.8 Å². The Hall–Kier alpha value is -0.0800. The molecule has 0 radical (unpaired) electrons. The quantitative estimate of drug-likeness (QED) is 0.702. The lowest BCUT2D eigenvalue weighted by Crippen LogP contribution is -2.49. The zero-order valence-corrected chi connectivity index (χ0v) is 9.14. The maximum absolute atomic E-state index is 10.4. The SMILES string of the molecule is CCC(C)CC1(O)CCNCC1C. The summed E-state index contributed by atoms with van der Waals surface area (Å²) in [7, 11) is 0. The molecule has 1 aliphatic heterocycles. The van der Waals surface area contributed by atoms with Gasteiger partial charge in [0, 0.05) is 6.54 Å². The van der Waals surface area contributed by atoms with E-state index in [1.54, 1.807) is 0 Å². The van der Waals surface area contributed by atoms with Gasteiger partial charge in [-0.2, -0.15) is 0 Å². The molecule has 0 aliphatic carbocycles. The van der Waals surface area contributed by atoms with E-state index < -0.39 is 5.60 Å². The molecule has 1 heterocycles.